The van der Waals surface area contributed by atoms with Gasteiger partial charge >= 0.3 is 5.69 Å². The molecule has 0 saturated carbocycles. The van der Waals surface area contributed by atoms with Crippen molar-refractivity contribution in [1.82, 2.24) is 4.98 Å². The molecule has 0 saturated heterocycles. The molecule has 34 heavy (non-hydrogen) atoms. The van der Waals surface area contributed by atoms with Crippen LogP contribution in [0.4, 0.5) is 11.5 Å². The molecular weight excluding hydrogens is 496 g/mol. The first-order valence-electron chi connectivity index (χ1n) is 11.0. The third kappa shape index (κ3) is 5.32. The van der Waals surface area contributed by atoms with E-state index in [0.717, 1.165) is 23.1 Å². The van der Waals surface area contributed by atoms with E-state index >= 15 is 0 Å². The average Bonchev–Trinajstić information content (AvgIpc) is 2.84. The number of anilines is 1. The number of aromatic nitrogens is 1. The van der Waals surface area contributed by atoms with Crippen LogP contribution >= 0.6 is 15.9 Å². The van der Waals surface area contributed by atoms with E-state index in [4.69, 9.17) is 0 Å². The molecule has 0 aliphatic carbocycles. The fourth-order valence-corrected chi connectivity index (χ4v) is 4.04. The van der Waals surface area contributed by atoms with Gasteiger partial charge in [0, 0.05) is 16.5 Å². The monoisotopic (exact) mass is 520 g/mol. The first-order valence-corrected chi connectivity index (χ1v) is 11.8. The highest BCUT2D eigenvalue weighted by Gasteiger charge is 2.30. The average molecular weight is 521 g/mol. The van der Waals surface area contributed by atoms with Crippen LogP contribution in [-0.4, -0.2) is 15.8 Å². The molecule has 3 rings (SSSR count). The maximum absolute atomic E-state index is 13.2. The van der Waals surface area contributed by atoms with Crippen LogP contribution in [0.15, 0.2) is 53.0 Å². The van der Waals surface area contributed by atoms with Crippen LogP contribution in [0.5, 0.6) is 0 Å². The van der Waals surface area contributed by atoms with Crippen molar-refractivity contribution >= 4 is 33.3 Å². The Morgan fingerprint density at radius 3 is 2.47 bits per heavy atom. The summed E-state index contributed by atoms with van der Waals surface area (Å²) >= 11 is 3.38. The van der Waals surface area contributed by atoms with Crippen molar-refractivity contribution in [3.05, 3.63) is 85.5 Å². The fourth-order valence-electron chi connectivity index (χ4n) is 3.76. The second-order valence-corrected chi connectivity index (χ2v) is 8.80. The smallest absolute Gasteiger partial charge is 0.287 e. The SMILES string of the molecule is CCCCC(=O)N(Cc1ccc(-c2ccccc2C#N)cc1)c1nc(C)c(Br)c(C)c1[N+](=O)[O-]. The number of rotatable bonds is 8. The lowest BCUT2D eigenvalue weighted by Gasteiger charge is -2.23. The molecule has 0 radical (unpaired) electrons. The quantitative estimate of drug-likeness (QED) is 0.245. The lowest BCUT2D eigenvalue weighted by Crippen LogP contribution is -2.32. The van der Waals surface area contributed by atoms with Gasteiger partial charge in [-0.2, -0.15) is 5.26 Å². The number of pyridine rings is 1. The van der Waals surface area contributed by atoms with Crippen molar-refractivity contribution in [2.24, 2.45) is 0 Å². The summed E-state index contributed by atoms with van der Waals surface area (Å²) < 4.78 is 0.560. The summed E-state index contributed by atoms with van der Waals surface area (Å²) in [6.45, 7) is 5.54. The second-order valence-electron chi connectivity index (χ2n) is 8.00. The predicted molar refractivity (Wildman–Crippen MR) is 135 cm³/mol. The Morgan fingerprint density at radius 1 is 1.18 bits per heavy atom. The number of halogens is 1. The summed E-state index contributed by atoms with van der Waals surface area (Å²) in [6, 6.07) is 17.1. The highest BCUT2D eigenvalue weighted by atomic mass is 79.9. The lowest BCUT2D eigenvalue weighted by molar-refractivity contribution is -0.385. The number of carbonyl (C=O) groups is 1. The molecule has 0 N–H and O–H groups in total. The van der Waals surface area contributed by atoms with Crippen LogP contribution in [0.3, 0.4) is 0 Å². The topological polar surface area (TPSA) is 100 Å². The molecule has 1 aromatic heterocycles. The molecule has 174 valence electrons. The molecular formula is C26H25BrN4O3. The minimum absolute atomic E-state index is 0.0585. The van der Waals surface area contributed by atoms with E-state index in [1.807, 2.05) is 49.4 Å². The van der Waals surface area contributed by atoms with E-state index in [2.05, 4.69) is 27.0 Å². The molecule has 1 amide bonds. The van der Waals surface area contributed by atoms with Crippen molar-refractivity contribution in [2.75, 3.05) is 4.90 Å². The molecule has 0 spiro atoms. The lowest BCUT2D eigenvalue weighted by atomic mass is 9.99. The van der Waals surface area contributed by atoms with Crippen LogP contribution < -0.4 is 4.90 Å². The third-order valence-electron chi connectivity index (χ3n) is 5.62. The number of nitrogens with zero attached hydrogens (tertiary/aromatic N) is 4. The van der Waals surface area contributed by atoms with E-state index in [-0.39, 0.29) is 30.4 Å². The van der Waals surface area contributed by atoms with E-state index in [1.165, 1.54) is 4.90 Å². The highest BCUT2D eigenvalue weighted by molar-refractivity contribution is 9.10. The Morgan fingerprint density at radius 2 is 1.85 bits per heavy atom. The van der Waals surface area contributed by atoms with Crippen LogP contribution in [0.25, 0.3) is 11.1 Å². The molecule has 0 fully saturated rings. The number of nitriles is 1. The number of hydrogen-bond acceptors (Lipinski definition) is 5. The minimum Gasteiger partial charge on any atom is -0.287 e. The van der Waals surface area contributed by atoms with Crippen LogP contribution in [-0.2, 0) is 11.3 Å². The van der Waals surface area contributed by atoms with Gasteiger partial charge in [-0.1, -0.05) is 55.8 Å². The Labute approximate surface area is 207 Å². The maximum Gasteiger partial charge on any atom is 0.316 e. The van der Waals surface area contributed by atoms with Crippen LogP contribution in [0, 0.1) is 35.3 Å². The Hall–Kier alpha value is -3.57. The number of carbonyl (C=O) groups excluding carboxylic acids is 1. The van der Waals surface area contributed by atoms with Crippen molar-refractivity contribution in [2.45, 2.75) is 46.6 Å². The van der Waals surface area contributed by atoms with Gasteiger partial charge in [-0.05, 0) is 59.0 Å². The molecule has 2 aromatic carbocycles. The van der Waals surface area contributed by atoms with Gasteiger partial charge in [0.15, 0.2) is 0 Å². The number of unbranched alkanes of at least 4 members (excludes halogenated alkanes) is 1. The molecule has 7 nitrogen and oxygen atoms in total. The molecule has 1 heterocycles. The number of aryl methyl sites for hydroxylation is 1. The zero-order valence-corrected chi connectivity index (χ0v) is 20.9. The van der Waals surface area contributed by atoms with Crippen molar-refractivity contribution in [3.8, 4) is 17.2 Å². The van der Waals surface area contributed by atoms with Crippen LogP contribution in [0.1, 0.15) is 48.6 Å². The summed E-state index contributed by atoms with van der Waals surface area (Å²) in [5.41, 5.74) is 3.92. The zero-order chi connectivity index (χ0) is 24.8. The minimum atomic E-state index is -0.482. The standard InChI is InChI=1S/C26H25BrN4O3/c1-4-5-10-23(32)30(26-25(31(33)34)17(2)24(27)18(3)29-26)16-19-11-13-20(14-12-19)22-9-7-6-8-21(22)15-28/h6-9,11-14H,4-5,10,16H2,1-3H3. The van der Waals surface area contributed by atoms with E-state index in [0.29, 0.717) is 27.7 Å². The van der Waals surface area contributed by atoms with Gasteiger partial charge in [0.1, 0.15) is 0 Å². The summed E-state index contributed by atoms with van der Waals surface area (Å²) in [6.07, 6.45) is 1.79. The van der Waals surface area contributed by atoms with E-state index < -0.39 is 4.92 Å². The van der Waals surface area contributed by atoms with Crippen LogP contribution in [0.2, 0.25) is 0 Å². The van der Waals surface area contributed by atoms with E-state index in [1.54, 1.807) is 19.9 Å². The predicted octanol–water partition coefficient (Wildman–Crippen LogP) is 6.63. The fraction of sp³-hybridized carbons (Fsp3) is 0.269. The first kappa shape index (κ1) is 25.1. The van der Waals surface area contributed by atoms with Gasteiger partial charge in [0.05, 0.1) is 28.8 Å². The summed E-state index contributed by atoms with van der Waals surface area (Å²) in [7, 11) is 0. The number of hydrogen-bond donors (Lipinski definition) is 0. The number of amides is 1. The second kappa shape index (κ2) is 11.0. The number of benzene rings is 2. The van der Waals surface area contributed by atoms with Gasteiger partial charge in [-0.3, -0.25) is 19.8 Å². The summed E-state index contributed by atoms with van der Waals surface area (Å²) in [5.74, 6) is -0.152. The molecule has 0 aliphatic rings. The van der Waals surface area contributed by atoms with Gasteiger partial charge in [0.25, 0.3) is 0 Å². The molecule has 0 atom stereocenters. The van der Waals surface area contributed by atoms with Gasteiger partial charge in [-0.25, -0.2) is 4.98 Å². The first-order chi connectivity index (χ1) is 16.3. The largest absolute Gasteiger partial charge is 0.316 e. The highest BCUT2D eigenvalue weighted by Crippen LogP contribution is 2.37. The van der Waals surface area contributed by atoms with Crippen molar-refractivity contribution < 1.29 is 9.72 Å². The van der Waals surface area contributed by atoms with Gasteiger partial charge < -0.3 is 0 Å². The van der Waals surface area contributed by atoms with Gasteiger partial charge in [0.2, 0.25) is 11.7 Å². The summed E-state index contributed by atoms with van der Waals surface area (Å²) in [4.78, 5) is 30.5. The van der Waals surface area contributed by atoms with Gasteiger partial charge in [-0.15, -0.1) is 0 Å². The normalized spacial score (nSPS) is 10.6. The van der Waals surface area contributed by atoms with Crippen molar-refractivity contribution in [1.29, 1.82) is 5.26 Å². The van der Waals surface area contributed by atoms with Crippen molar-refractivity contribution in [3.63, 3.8) is 0 Å². The third-order valence-corrected chi connectivity index (χ3v) is 6.79. The maximum atomic E-state index is 13.2. The Balaban J connectivity index is 2.03. The molecule has 3 aromatic rings. The molecule has 0 aliphatic heterocycles. The summed E-state index contributed by atoms with van der Waals surface area (Å²) in [5, 5.41) is 21.3. The number of nitro groups is 1. The zero-order valence-electron chi connectivity index (χ0n) is 19.3. The molecule has 0 bridgehead atoms. The van der Waals surface area contributed by atoms with E-state index in [9.17, 15) is 20.2 Å². The Kier molecular flexibility index (Phi) is 8.13. The Bertz CT molecular complexity index is 1270. The molecule has 0 unspecified atom stereocenters. The molecule has 8 heteroatoms.